The predicted octanol–water partition coefficient (Wildman–Crippen LogP) is 2.07. The van der Waals surface area contributed by atoms with Crippen LogP contribution >= 0.6 is 0 Å². The highest BCUT2D eigenvalue weighted by molar-refractivity contribution is 5.89. The Bertz CT molecular complexity index is 249. The molecule has 0 heterocycles. The molecular weight excluding hydrogens is 190 g/mol. The van der Waals surface area contributed by atoms with Crippen LogP contribution in [0.2, 0.25) is 0 Å². The molecule has 0 aliphatic heterocycles. The maximum absolute atomic E-state index is 11.4. The first-order chi connectivity index (χ1) is 6.88. The van der Waals surface area contributed by atoms with Crippen LogP contribution in [-0.4, -0.2) is 18.2 Å². The van der Waals surface area contributed by atoms with Crippen molar-refractivity contribution < 1.29 is 9.59 Å². The van der Waals surface area contributed by atoms with Gasteiger partial charge in [-0.15, -0.1) is 0 Å². The van der Waals surface area contributed by atoms with Crippen LogP contribution < -0.4 is 5.32 Å². The fourth-order valence-electron chi connectivity index (χ4n) is 0.867. The molecule has 0 radical (unpaired) electrons. The van der Waals surface area contributed by atoms with E-state index in [9.17, 15) is 9.59 Å². The summed E-state index contributed by atoms with van der Waals surface area (Å²) in [5.74, 6) is 0.162. The zero-order valence-corrected chi connectivity index (χ0v) is 10.1. The topological polar surface area (TPSA) is 46.2 Å². The van der Waals surface area contributed by atoms with Crippen LogP contribution in [0.1, 0.15) is 40.5 Å². The Balaban J connectivity index is 3.69. The lowest BCUT2D eigenvalue weighted by Gasteiger charge is -2.16. The van der Waals surface area contributed by atoms with Gasteiger partial charge in [0.2, 0.25) is 5.91 Å². The summed E-state index contributed by atoms with van der Waals surface area (Å²) in [6.45, 7) is 8.04. The molecule has 15 heavy (non-hydrogen) atoms. The molecule has 1 amide bonds. The monoisotopic (exact) mass is 211 g/mol. The van der Waals surface area contributed by atoms with E-state index in [1.807, 2.05) is 27.7 Å². The van der Waals surface area contributed by atoms with E-state index in [4.69, 9.17) is 0 Å². The largest absolute Gasteiger partial charge is 0.355 e. The summed E-state index contributed by atoms with van der Waals surface area (Å²) in [6.07, 6.45) is 4.61. The molecule has 0 aliphatic carbocycles. The number of hydrogen-bond acceptors (Lipinski definition) is 2. The van der Waals surface area contributed by atoms with E-state index in [1.165, 1.54) is 0 Å². The Hall–Kier alpha value is -1.12. The van der Waals surface area contributed by atoms with Crippen molar-refractivity contribution in [2.75, 3.05) is 6.54 Å². The molecule has 0 aliphatic rings. The highest BCUT2D eigenvalue weighted by atomic mass is 16.2. The van der Waals surface area contributed by atoms with Gasteiger partial charge in [-0.05, 0) is 12.5 Å². The van der Waals surface area contributed by atoms with Crippen molar-refractivity contribution in [2.45, 2.75) is 40.5 Å². The van der Waals surface area contributed by atoms with Crippen LogP contribution in [0.5, 0.6) is 0 Å². The van der Waals surface area contributed by atoms with Crippen LogP contribution in [0.15, 0.2) is 12.2 Å². The number of nitrogens with one attached hydrogen (secondary N) is 1. The van der Waals surface area contributed by atoms with Crippen molar-refractivity contribution in [3.63, 3.8) is 0 Å². The van der Waals surface area contributed by atoms with Crippen LogP contribution in [0, 0.1) is 5.41 Å². The number of amides is 1. The molecule has 0 saturated carbocycles. The first-order valence-corrected chi connectivity index (χ1v) is 5.35. The quantitative estimate of drug-likeness (QED) is 0.559. The third kappa shape index (κ3) is 6.89. The minimum Gasteiger partial charge on any atom is -0.355 e. The second-order valence-corrected chi connectivity index (χ2v) is 4.52. The van der Waals surface area contributed by atoms with Crippen LogP contribution in [0.3, 0.4) is 0 Å². The summed E-state index contributed by atoms with van der Waals surface area (Å²) < 4.78 is 0. The molecule has 0 spiro atoms. The number of hydrogen-bond donors (Lipinski definition) is 1. The highest BCUT2D eigenvalue weighted by Crippen LogP contribution is 2.11. The minimum absolute atomic E-state index is 0.0396. The van der Waals surface area contributed by atoms with E-state index >= 15 is 0 Å². The third-order valence-corrected chi connectivity index (χ3v) is 1.93. The fraction of sp³-hybridized carbons (Fsp3) is 0.667. The molecule has 1 N–H and O–H groups in total. The highest BCUT2D eigenvalue weighted by Gasteiger charge is 2.19. The first kappa shape index (κ1) is 13.9. The summed E-state index contributed by atoms with van der Waals surface area (Å²) >= 11 is 0. The molecule has 0 rings (SSSR count). The molecule has 0 unspecified atom stereocenters. The van der Waals surface area contributed by atoms with Gasteiger partial charge in [0, 0.05) is 18.4 Å². The molecule has 0 aromatic rings. The van der Waals surface area contributed by atoms with Gasteiger partial charge in [-0.1, -0.05) is 33.8 Å². The van der Waals surface area contributed by atoms with Gasteiger partial charge in [0.05, 0.1) is 0 Å². The molecule has 0 bridgehead atoms. The Labute approximate surface area is 91.9 Å². The van der Waals surface area contributed by atoms with E-state index in [1.54, 1.807) is 12.2 Å². The Kier molecular flexibility index (Phi) is 5.90. The molecule has 86 valence electrons. The summed E-state index contributed by atoms with van der Waals surface area (Å²) in [4.78, 5) is 22.3. The van der Waals surface area contributed by atoms with E-state index in [-0.39, 0.29) is 17.1 Å². The maximum Gasteiger partial charge on any atom is 0.225 e. The standard InChI is InChI=1S/C12H21NO2/c1-5-10(14)8-6-7-9-13-11(15)12(2,3)4/h6,8H,5,7,9H2,1-4H3,(H,13,15). The zero-order chi connectivity index (χ0) is 11.9. The third-order valence-electron chi connectivity index (χ3n) is 1.93. The number of allylic oxidation sites excluding steroid dienone is 1. The molecule has 0 atom stereocenters. The van der Waals surface area contributed by atoms with Crippen molar-refractivity contribution in [1.82, 2.24) is 5.32 Å². The first-order valence-electron chi connectivity index (χ1n) is 5.35. The number of rotatable bonds is 5. The van der Waals surface area contributed by atoms with E-state index in [0.717, 1.165) is 0 Å². The number of ketones is 1. The molecule has 3 heteroatoms. The lowest BCUT2D eigenvalue weighted by Crippen LogP contribution is -2.35. The summed E-state index contributed by atoms with van der Waals surface area (Å²) in [6, 6.07) is 0. The fourth-order valence-corrected chi connectivity index (χ4v) is 0.867. The van der Waals surface area contributed by atoms with E-state index in [2.05, 4.69) is 5.32 Å². The SMILES string of the molecule is CCC(=O)C=CCCNC(=O)C(C)(C)C. The summed E-state index contributed by atoms with van der Waals surface area (Å²) in [7, 11) is 0. The van der Waals surface area contributed by atoms with Crippen molar-refractivity contribution in [3.8, 4) is 0 Å². The summed E-state index contributed by atoms with van der Waals surface area (Å²) in [5, 5.41) is 2.81. The van der Waals surface area contributed by atoms with Gasteiger partial charge in [0.25, 0.3) is 0 Å². The normalized spacial score (nSPS) is 11.7. The van der Waals surface area contributed by atoms with Gasteiger partial charge >= 0.3 is 0 Å². The van der Waals surface area contributed by atoms with Crippen LogP contribution in [0.4, 0.5) is 0 Å². The van der Waals surface area contributed by atoms with Gasteiger partial charge < -0.3 is 5.32 Å². The van der Waals surface area contributed by atoms with Crippen molar-refractivity contribution >= 4 is 11.7 Å². The molecule has 0 saturated heterocycles. The molecular formula is C12H21NO2. The summed E-state index contributed by atoms with van der Waals surface area (Å²) in [5.41, 5.74) is -0.344. The minimum atomic E-state index is -0.344. The average molecular weight is 211 g/mol. The molecule has 0 aromatic carbocycles. The van der Waals surface area contributed by atoms with E-state index in [0.29, 0.717) is 19.4 Å². The maximum atomic E-state index is 11.4. The molecule has 3 nitrogen and oxygen atoms in total. The Morgan fingerprint density at radius 2 is 1.87 bits per heavy atom. The van der Waals surface area contributed by atoms with Gasteiger partial charge in [0.1, 0.15) is 0 Å². The second-order valence-electron chi connectivity index (χ2n) is 4.52. The average Bonchev–Trinajstić information content (AvgIpc) is 2.15. The van der Waals surface area contributed by atoms with Crippen molar-refractivity contribution in [1.29, 1.82) is 0 Å². The Morgan fingerprint density at radius 3 is 2.33 bits per heavy atom. The molecule has 0 aromatic heterocycles. The van der Waals surface area contributed by atoms with E-state index < -0.39 is 0 Å². The van der Waals surface area contributed by atoms with Crippen LogP contribution in [-0.2, 0) is 9.59 Å². The van der Waals surface area contributed by atoms with Gasteiger partial charge in [-0.3, -0.25) is 9.59 Å². The van der Waals surface area contributed by atoms with Crippen molar-refractivity contribution in [3.05, 3.63) is 12.2 Å². The van der Waals surface area contributed by atoms with Crippen LogP contribution in [0.25, 0.3) is 0 Å². The smallest absolute Gasteiger partial charge is 0.225 e. The Morgan fingerprint density at radius 1 is 1.27 bits per heavy atom. The van der Waals surface area contributed by atoms with Gasteiger partial charge in [-0.25, -0.2) is 0 Å². The number of carbonyl (C=O) groups is 2. The second kappa shape index (κ2) is 6.38. The van der Waals surface area contributed by atoms with Gasteiger partial charge in [-0.2, -0.15) is 0 Å². The predicted molar refractivity (Wildman–Crippen MR) is 61.5 cm³/mol. The zero-order valence-electron chi connectivity index (χ0n) is 10.1. The number of carbonyl (C=O) groups excluding carboxylic acids is 2. The van der Waals surface area contributed by atoms with Gasteiger partial charge in [0.15, 0.2) is 5.78 Å². The molecule has 0 fully saturated rings. The lowest BCUT2D eigenvalue weighted by atomic mass is 9.96. The lowest BCUT2D eigenvalue weighted by molar-refractivity contribution is -0.128. The van der Waals surface area contributed by atoms with Crippen molar-refractivity contribution in [2.24, 2.45) is 5.41 Å².